The Balaban J connectivity index is 1.64. The summed E-state index contributed by atoms with van der Waals surface area (Å²) in [7, 11) is 0. The molecule has 7 atom stereocenters. The van der Waals surface area contributed by atoms with E-state index in [0.29, 0.717) is 5.92 Å². The predicted molar refractivity (Wildman–Crippen MR) is 96.9 cm³/mol. The summed E-state index contributed by atoms with van der Waals surface area (Å²) in [4.78, 5) is 12.4. The number of carbonyl (C=O) groups is 1. The van der Waals surface area contributed by atoms with Crippen LogP contribution in [0.5, 0.6) is 0 Å². The minimum atomic E-state index is -0.132. The van der Waals surface area contributed by atoms with Crippen molar-refractivity contribution in [2.24, 2.45) is 34.5 Å². The highest BCUT2D eigenvalue weighted by atomic mass is 35.5. The molecule has 0 amide bonds. The number of carbonyl (C=O) groups excluding carboxylic acids is 1. The van der Waals surface area contributed by atoms with Crippen LogP contribution in [-0.4, -0.2) is 22.9 Å². The van der Waals surface area contributed by atoms with Gasteiger partial charge in [0.25, 0.3) is 0 Å². The first-order valence-corrected chi connectivity index (χ1v) is 10.4. The van der Waals surface area contributed by atoms with Crippen LogP contribution in [0.4, 0.5) is 0 Å². The fourth-order valence-electron chi connectivity index (χ4n) is 7.26. The van der Waals surface area contributed by atoms with Crippen LogP contribution >= 0.6 is 11.6 Å². The molecule has 0 radical (unpaired) electrons. The van der Waals surface area contributed by atoms with Gasteiger partial charge in [0.15, 0.2) is 5.78 Å². The zero-order chi connectivity index (χ0) is 17.1. The van der Waals surface area contributed by atoms with Gasteiger partial charge in [0.2, 0.25) is 0 Å². The Morgan fingerprint density at radius 1 is 1.21 bits per heavy atom. The molecule has 4 aliphatic rings. The van der Waals surface area contributed by atoms with E-state index in [4.69, 9.17) is 11.6 Å². The molecule has 0 unspecified atom stereocenters. The highest BCUT2D eigenvalue weighted by Gasteiger charge is 2.59. The molecule has 0 bridgehead atoms. The number of rotatable bonds is 2. The van der Waals surface area contributed by atoms with E-state index >= 15 is 0 Å². The molecule has 134 valence electrons. The van der Waals surface area contributed by atoms with E-state index in [1.54, 1.807) is 0 Å². The second-order valence-electron chi connectivity index (χ2n) is 9.43. The van der Waals surface area contributed by atoms with Gasteiger partial charge in [0.05, 0.1) is 12.0 Å². The molecule has 0 aromatic rings. The van der Waals surface area contributed by atoms with Crippen molar-refractivity contribution in [2.75, 3.05) is 5.88 Å². The molecule has 4 rings (SSSR count). The van der Waals surface area contributed by atoms with E-state index in [2.05, 4.69) is 19.9 Å². The topological polar surface area (TPSA) is 37.3 Å². The Morgan fingerprint density at radius 2 is 2.00 bits per heavy atom. The number of hydrogen-bond donors (Lipinski definition) is 1. The smallest absolute Gasteiger partial charge is 0.151 e. The molecule has 4 aliphatic carbocycles. The summed E-state index contributed by atoms with van der Waals surface area (Å²) in [6.45, 7) is 4.84. The average molecular weight is 351 g/mol. The third kappa shape index (κ3) is 2.28. The monoisotopic (exact) mass is 350 g/mol. The molecule has 0 spiro atoms. The number of alkyl halides is 1. The van der Waals surface area contributed by atoms with Crippen LogP contribution in [0.15, 0.2) is 11.6 Å². The van der Waals surface area contributed by atoms with Crippen molar-refractivity contribution in [2.45, 2.75) is 71.3 Å². The minimum Gasteiger partial charge on any atom is -0.393 e. The molecule has 0 aromatic heterocycles. The number of ketones is 1. The lowest BCUT2D eigenvalue weighted by Gasteiger charge is -2.57. The van der Waals surface area contributed by atoms with Crippen LogP contribution in [0.3, 0.4) is 0 Å². The summed E-state index contributed by atoms with van der Waals surface area (Å²) in [5.74, 6) is 2.79. The number of halogens is 1. The molecular formula is C21H31ClO2. The zero-order valence-corrected chi connectivity index (χ0v) is 15.8. The standard InChI is InChI=1S/C21H31ClO2/c1-20-9-7-14(23)11-13(20)3-4-15-16-5-6-18(19(24)12-22)21(16,2)10-8-17(15)20/h3,14-18,23H,4-12H2,1-2H3/t14-,15-,16-,17-,18+,20-,21-/m0/s1. The summed E-state index contributed by atoms with van der Waals surface area (Å²) in [6.07, 6.45) is 11.1. The van der Waals surface area contributed by atoms with Crippen molar-refractivity contribution in [1.82, 2.24) is 0 Å². The second-order valence-corrected chi connectivity index (χ2v) is 9.70. The van der Waals surface area contributed by atoms with Crippen LogP contribution in [-0.2, 0) is 4.79 Å². The van der Waals surface area contributed by atoms with Gasteiger partial charge in [-0.25, -0.2) is 0 Å². The molecule has 0 aliphatic heterocycles. The first-order valence-electron chi connectivity index (χ1n) is 9.86. The lowest BCUT2D eigenvalue weighted by molar-refractivity contribution is -0.127. The molecule has 1 N–H and O–H groups in total. The number of hydrogen-bond acceptors (Lipinski definition) is 2. The summed E-state index contributed by atoms with van der Waals surface area (Å²) < 4.78 is 0. The van der Waals surface area contributed by atoms with Gasteiger partial charge < -0.3 is 5.11 Å². The number of aliphatic hydroxyl groups excluding tert-OH is 1. The average Bonchev–Trinajstić information content (AvgIpc) is 2.92. The Morgan fingerprint density at radius 3 is 2.75 bits per heavy atom. The third-order valence-electron chi connectivity index (χ3n) is 8.60. The number of aliphatic hydroxyl groups is 1. The second kappa shape index (κ2) is 5.84. The lowest BCUT2D eigenvalue weighted by Crippen LogP contribution is -2.51. The maximum Gasteiger partial charge on any atom is 0.151 e. The van der Waals surface area contributed by atoms with Crippen molar-refractivity contribution >= 4 is 17.4 Å². The molecule has 24 heavy (non-hydrogen) atoms. The van der Waals surface area contributed by atoms with Gasteiger partial charge >= 0.3 is 0 Å². The van der Waals surface area contributed by atoms with E-state index in [-0.39, 0.29) is 34.5 Å². The third-order valence-corrected chi connectivity index (χ3v) is 8.86. The number of fused-ring (bicyclic) bond motifs is 5. The van der Waals surface area contributed by atoms with Gasteiger partial charge in [-0.15, -0.1) is 11.6 Å². The molecule has 3 fully saturated rings. The van der Waals surface area contributed by atoms with Crippen molar-refractivity contribution < 1.29 is 9.90 Å². The van der Waals surface area contributed by atoms with Crippen LogP contribution in [0, 0.1) is 34.5 Å². The molecule has 2 nitrogen and oxygen atoms in total. The van der Waals surface area contributed by atoms with Gasteiger partial charge in [0.1, 0.15) is 0 Å². The van der Waals surface area contributed by atoms with E-state index in [1.807, 2.05) is 0 Å². The number of Topliss-reactive ketones (excluding diaryl/α,β-unsaturated/α-hetero) is 1. The van der Waals surface area contributed by atoms with Crippen molar-refractivity contribution in [3.8, 4) is 0 Å². The van der Waals surface area contributed by atoms with Gasteiger partial charge in [-0.1, -0.05) is 25.5 Å². The van der Waals surface area contributed by atoms with Gasteiger partial charge in [-0.05, 0) is 80.0 Å². The normalized spacial score (nSPS) is 50.5. The van der Waals surface area contributed by atoms with Gasteiger partial charge in [0, 0.05) is 5.92 Å². The first kappa shape index (κ1) is 17.1. The van der Waals surface area contributed by atoms with Gasteiger partial charge in [-0.3, -0.25) is 4.79 Å². The number of allylic oxidation sites excluding steroid dienone is 1. The highest BCUT2D eigenvalue weighted by Crippen LogP contribution is 2.66. The first-order chi connectivity index (χ1) is 11.4. The van der Waals surface area contributed by atoms with Crippen molar-refractivity contribution in [1.29, 1.82) is 0 Å². The lowest BCUT2D eigenvalue weighted by atomic mass is 9.47. The summed E-state index contributed by atoms with van der Waals surface area (Å²) in [5.41, 5.74) is 1.98. The molecule has 3 heteroatoms. The highest BCUT2D eigenvalue weighted by molar-refractivity contribution is 6.28. The molecule has 0 heterocycles. The van der Waals surface area contributed by atoms with E-state index < -0.39 is 0 Å². The van der Waals surface area contributed by atoms with Crippen LogP contribution < -0.4 is 0 Å². The van der Waals surface area contributed by atoms with E-state index in [9.17, 15) is 9.90 Å². The quantitative estimate of drug-likeness (QED) is 0.577. The Kier molecular flexibility index (Phi) is 4.16. The van der Waals surface area contributed by atoms with Gasteiger partial charge in [-0.2, -0.15) is 0 Å². The Bertz CT molecular complexity index is 570. The van der Waals surface area contributed by atoms with E-state index in [1.165, 1.54) is 24.8 Å². The molecule has 0 aromatic carbocycles. The largest absolute Gasteiger partial charge is 0.393 e. The molecular weight excluding hydrogens is 320 g/mol. The maximum absolute atomic E-state index is 12.4. The molecule has 0 saturated heterocycles. The Labute approximate surface area is 151 Å². The van der Waals surface area contributed by atoms with Crippen molar-refractivity contribution in [3.05, 3.63) is 11.6 Å². The van der Waals surface area contributed by atoms with Crippen LogP contribution in [0.25, 0.3) is 0 Å². The zero-order valence-electron chi connectivity index (χ0n) is 15.1. The minimum absolute atomic E-state index is 0.132. The molecule has 3 saturated carbocycles. The fourth-order valence-corrected chi connectivity index (χ4v) is 7.45. The van der Waals surface area contributed by atoms with Crippen molar-refractivity contribution in [3.63, 3.8) is 0 Å². The SMILES string of the molecule is C[C@]12CC[C@H]3[C@@H](CC=C4C[C@@H](O)CC[C@@]43C)[C@@H]1CC[C@@H]2C(=O)CCl. The fraction of sp³-hybridized carbons (Fsp3) is 0.857. The summed E-state index contributed by atoms with van der Waals surface area (Å²) >= 11 is 5.91. The Hall–Kier alpha value is -0.340. The maximum atomic E-state index is 12.4. The summed E-state index contributed by atoms with van der Waals surface area (Å²) in [6, 6.07) is 0. The summed E-state index contributed by atoms with van der Waals surface area (Å²) in [5, 5.41) is 10.1. The van der Waals surface area contributed by atoms with Crippen LogP contribution in [0.1, 0.15) is 65.2 Å². The predicted octanol–water partition coefficient (Wildman–Crippen LogP) is 4.73. The van der Waals surface area contributed by atoms with Crippen LogP contribution in [0.2, 0.25) is 0 Å². The van der Waals surface area contributed by atoms with E-state index in [0.717, 1.165) is 43.9 Å².